The minimum absolute atomic E-state index is 0.0209. The first-order valence-corrected chi connectivity index (χ1v) is 8.39. The number of aromatic carboxylic acids is 1. The van der Waals surface area contributed by atoms with Gasteiger partial charge in [0.2, 0.25) is 0 Å². The standard InChI is InChI=1S/C17H11N3O7S/c21-10-2-3-12(11(7-10)16(24)25)18-17-19-15(23)14(28-17)6-8-5-9(20(26)27)1-4-13(8)22/h1-7,21-22H,(H,24,25)(H,18,19,23)/b14-6-. The van der Waals surface area contributed by atoms with Gasteiger partial charge in [0.1, 0.15) is 11.5 Å². The fraction of sp³-hybridized carbons (Fsp3) is 0. The van der Waals surface area contributed by atoms with Gasteiger partial charge in [0.15, 0.2) is 5.17 Å². The van der Waals surface area contributed by atoms with Crippen LogP contribution < -0.4 is 5.32 Å². The highest BCUT2D eigenvalue weighted by Crippen LogP contribution is 2.33. The second-order valence-corrected chi connectivity index (χ2v) is 6.52. The number of phenols is 2. The SMILES string of the molecule is O=C1NC(=Nc2ccc(O)cc2C(=O)O)S/C1=C\c1cc([N+](=O)[O-])ccc1O. The number of rotatable bonds is 4. The van der Waals surface area contributed by atoms with Gasteiger partial charge in [-0.1, -0.05) is 0 Å². The number of non-ortho nitro benzene ring substituents is 1. The molecular weight excluding hydrogens is 390 g/mol. The average molecular weight is 401 g/mol. The first kappa shape index (κ1) is 18.9. The van der Waals surface area contributed by atoms with Gasteiger partial charge in [-0.2, -0.15) is 0 Å². The van der Waals surface area contributed by atoms with Crippen molar-refractivity contribution in [1.82, 2.24) is 5.32 Å². The number of carboxylic acids is 1. The van der Waals surface area contributed by atoms with Gasteiger partial charge >= 0.3 is 5.97 Å². The van der Waals surface area contributed by atoms with Crippen molar-refractivity contribution in [2.24, 2.45) is 4.99 Å². The molecule has 2 aromatic carbocycles. The third kappa shape index (κ3) is 3.94. The van der Waals surface area contributed by atoms with Crippen molar-refractivity contribution in [3.63, 3.8) is 0 Å². The smallest absolute Gasteiger partial charge is 0.338 e. The monoisotopic (exact) mass is 401 g/mol. The number of nitro benzene ring substituents is 1. The fourth-order valence-corrected chi connectivity index (χ4v) is 3.12. The Labute approximate surface area is 161 Å². The summed E-state index contributed by atoms with van der Waals surface area (Å²) in [5, 5.41) is 41.9. The van der Waals surface area contributed by atoms with E-state index in [1.807, 2.05) is 0 Å². The lowest BCUT2D eigenvalue weighted by Gasteiger charge is -2.02. The molecule has 2 aromatic rings. The van der Waals surface area contributed by atoms with Crippen molar-refractivity contribution in [3.8, 4) is 11.5 Å². The molecule has 0 aliphatic carbocycles. The Balaban J connectivity index is 1.94. The van der Waals surface area contributed by atoms with E-state index in [1.54, 1.807) is 0 Å². The van der Waals surface area contributed by atoms with Crippen LogP contribution in [0.15, 0.2) is 46.3 Å². The van der Waals surface area contributed by atoms with Crippen molar-refractivity contribution < 1.29 is 29.8 Å². The van der Waals surface area contributed by atoms with E-state index in [4.69, 9.17) is 0 Å². The number of carbonyl (C=O) groups is 2. The van der Waals surface area contributed by atoms with E-state index in [0.717, 1.165) is 36.0 Å². The quantitative estimate of drug-likeness (QED) is 0.345. The molecule has 0 bridgehead atoms. The van der Waals surface area contributed by atoms with Crippen LogP contribution in [0.2, 0.25) is 0 Å². The molecular formula is C17H11N3O7S. The van der Waals surface area contributed by atoms with E-state index >= 15 is 0 Å². The zero-order valence-corrected chi connectivity index (χ0v) is 14.6. The maximum absolute atomic E-state index is 12.1. The van der Waals surface area contributed by atoms with Crippen LogP contribution in [-0.2, 0) is 4.79 Å². The predicted octanol–water partition coefficient (Wildman–Crippen LogP) is 2.60. The molecule has 4 N–H and O–H groups in total. The third-order valence-corrected chi connectivity index (χ3v) is 4.50. The first-order valence-electron chi connectivity index (χ1n) is 7.58. The number of amidine groups is 1. The molecule has 3 rings (SSSR count). The number of thioether (sulfide) groups is 1. The largest absolute Gasteiger partial charge is 0.508 e. The van der Waals surface area contributed by atoms with Crippen molar-refractivity contribution in [1.29, 1.82) is 0 Å². The zero-order chi connectivity index (χ0) is 20.4. The zero-order valence-electron chi connectivity index (χ0n) is 13.8. The molecule has 0 radical (unpaired) electrons. The van der Waals surface area contributed by atoms with Gasteiger partial charge in [-0.3, -0.25) is 14.9 Å². The summed E-state index contributed by atoms with van der Waals surface area (Å²) in [6, 6.07) is 6.96. The summed E-state index contributed by atoms with van der Waals surface area (Å²) in [5.41, 5.74) is -0.412. The number of carboxylic acid groups (broad SMARTS) is 1. The molecule has 0 spiro atoms. The van der Waals surface area contributed by atoms with Gasteiger partial charge < -0.3 is 20.6 Å². The third-order valence-electron chi connectivity index (χ3n) is 3.59. The Morgan fingerprint density at radius 1 is 1.21 bits per heavy atom. The normalized spacial score (nSPS) is 16.4. The molecule has 11 heteroatoms. The van der Waals surface area contributed by atoms with Gasteiger partial charge in [-0.15, -0.1) is 0 Å². The van der Waals surface area contributed by atoms with Crippen molar-refractivity contribution in [2.45, 2.75) is 0 Å². The van der Waals surface area contributed by atoms with Gasteiger partial charge in [0.25, 0.3) is 11.6 Å². The molecule has 1 fully saturated rings. The molecule has 1 aliphatic rings. The number of amides is 1. The lowest BCUT2D eigenvalue weighted by molar-refractivity contribution is -0.384. The van der Waals surface area contributed by atoms with E-state index in [-0.39, 0.29) is 44.1 Å². The van der Waals surface area contributed by atoms with E-state index in [1.165, 1.54) is 18.2 Å². The number of hydrogen-bond acceptors (Lipinski definition) is 8. The summed E-state index contributed by atoms with van der Waals surface area (Å²) in [5.74, 6) is -2.36. The molecule has 0 atom stereocenters. The Hall–Kier alpha value is -3.86. The van der Waals surface area contributed by atoms with Crippen LogP contribution in [0.25, 0.3) is 6.08 Å². The number of aliphatic imine (C=N–C) groups is 1. The molecule has 0 saturated carbocycles. The van der Waals surface area contributed by atoms with Crippen LogP contribution in [0, 0.1) is 10.1 Å². The lowest BCUT2D eigenvalue weighted by atomic mass is 10.1. The highest BCUT2D eigenvalue weighted by molar-refractivity contribution is 8.18. The van der Waals surface area contributed by atoms with Crippen LogP contribution in [0.5, 0.6) is 11.5 Å². The van der Waals surface area contributed by atoms with E-state index in [9.17, 15) is 35.0 Å². The molecule has 1 heterocycles. The molecule has 0 unspecified atom stereocenters. The van der Waals surface area contributed by atoms with E-state index < -0.39 is 16.8 Å². The van der Waals surface area contributed by atoms with E-state index in [0.29, 0.717) is 0 Å². The maximum atomic E-state index is 12.1. The number of aromatic hydroxyl groups is 2. The highest BCUT2D eigenvalue weighted by Gasteiger charge is 2.25. The van der Waals surface area contributed by atoms with Crippen LogP contribution in [0.3, 0.4) is 0 Å². The summed E-state index contributed by atoms with van der Waals surface area (Å²) < 4.78 is 0. The molecule has 1 amide bonds. The molecule has 10 nitrogen and oxygen atoms in total. The lowest BCUT2D eigenvalue weighted by Crippen LogP contribution is -2.19. The average Bonchev–Trinajstić information content (AvgIpc) is 2.97. The number of hydrogen-bond donors (Lipinski definition) is 4. The van der Waals surface area contributed by atoms with E-state index in [2.05, 4.69) is 10.3 Å². The summed E-state index contributed by atoms with van der Waals surface area (Å²) in [6.45, 7) is 0. The Morgan fingerprint density at radius 3 is 2.64 bits per heavy atom. The molecule has 28 heavy (non-hydrogen) atoms. The first-order chi connectivity index (χ1) is 13.2. The maximum Gasteiger partial charge on any atom is 0.338 e. The number of nitrogens with zero attached hydrogens (tertiary/aromatic N) is 2. The highest BCUT2D eigenvalue weighted by atomic mass is 32.2. The number of carbonyl (C=O) groups excluding carboxylic acids is 1. The molecule has 1 saturated heterocycles. The van der Waals surface area contributed by atoms with Crippen LogP contribution >= 0.6 is 11.8 Å². The number of nitrogens with one attached hydrogen (secondary N) is 1. The van der Waals surface area contributed by atoms with Crippen LogP contribution in [-0.4, -0.2) is 37.3 Å². The number of phenolic OH excluding ortho intramolecular Hbond substituents is 2. The number of benzene rings is 2. The minimum Gasteiger partial charge on any atom is -0.508 e. The van der Waals surface area contributed by atoms with Crippen molar-refractivity contribution >= 4 is 46.3 Å². The second-order valence-electron chi connectivity index (χ2n) is 5.49. The fourth-order valence-electron chi connectivity index (χ4n) is 2.30. The van der Waals surface area contributed by atoms with Gasteiger partial charge in [-0.05, 0) is 42.1 Å². The molecule has 0 aromatic heterocycles. The topological polar surface area (TPSA) is 162 Å². The number of nitro groups is 1. The summed E-state index contributed by atoms with van der Waals surface area (Å²) in [4.78, 5) is 37.8. The van der Waals surface area contributed by atoms with Crippen LogP contribution in [0.1, 0.15) is 15.9 Å². The van der Waals surface area contributed by atoms with Crippen LogP contribution in [0.4, 0.5) is 11.4 Å². The summed E-state index contributed by atoms with van der Waals surface area (Å²) >= 11 is 0.870. The minimum atomic E-state index is -1.30. The summed E-state index contributed by atoms with van der Waals surface area (Å²) in [6.07, 6.45) is 1.26. The molecule has 142 valence electrons. The van der Waals surface area contributed by atoms with Gasteiger partial charge in [0.05, 0.1) is 21.1 Å². The summed E-state index contributed by atoms with van der Waals surface area (Å²) in [7, 11) is 0. The Bertz CT molecular complexity index is 1080. The molecule has 1 aliphatic heterocycles. The second kappa shape index (κ2) is 7.40. The Kier molecular flexibility index (Phi) is 5.00. The van der Waals surface area contributed by atoms with Crippen molar-refractivity contribution in [2.75, 3.05) is 0 Å². The van der Waals surface area contributed by atoms with Gasteiger partial charge in [0, 0.05) is 17.7 Å². The van der Waals surface area contributed by atoms with Crippen molar-refractivity contribution in [3.05, 3.63) is 62.5 Å². The van der Waals surface area contributed by atoms with Gasteiger partial charge in [-0.25, -0.2) is 9.79 Å². The predicted molar refractivity (Wildman–Crippen MR) is 101 cm³/mol. The Morgan fingerprint density at radius 2 is 1.96 bits per heavy atom.